The number of para-hydroxylation sites is 1. The second-order valence-electron chi connectivity index (χ2n) is 18.3. The molecule has 0 N–H and O–H groups in total. The lowest BCUT2D eigenvalue weighted by molar-refractivity contribution is 0.660. The summed E-state index contributed by atoms with van der Waals surface area (Å²) in [6.45, 7) is 4.72. The van der Waals surface area contributed by atoms with Gasteiger partial charge in [0.2, 0.25) is 0 Å². The van der Waals surface area contributed by atoms with E-state index in [9.17, 15) is 0 Å². The Morgan fingerprint density at radius 1 is 0.235 bits per heavy atom. The van der Waals surface area contributed by atoms with Crippen LogP contribution in [0.5, 0.6) is 0 Å². The zero-order valence-electron chi connectivity index (χ0n) is 38.2. The highest BCUT2D eigenvalue weighted by Gasteiger charge is 2.36. The average molecular weight is 872 g/mol. The summed E-state index contributed by atoms with van der Waals surface area (Å²) in [5.74, 6) is 0. The molecular weight excluding hydrogens is 823 g/mol. The van der Waals surface area contributed by atoms with Gasteiger partial charge in [-0.3, -0.25) is 0 Å². The normalized spacial score (nSPS) is 12.4. The summed E-state index contributed by atoms with van der Waals surface area (Å²) >= 11 is 0. The quantitative estimate of drug-likeness (QED) is 0.136. The van der Waals surface area contributed by atoms with Gasteiger partial charge in [0.05, 0.1) is 0 Å². The number of hydrogen-bond donors (Lipinski definition) is 0. The molecule has 324 valence electrons. The number of anilines is 9. The fourth-order valence-electron chi connectivity index (χ4n) is 10.4. The number of nitrogens with zero attached hydrogens (tertiary/aromatic N) is 3. The molecule has 0 unspecified atom stereocenters. The van der Waals surface area contributed by atoms with Crippen molar-refractivity contribution in [1.82, 2.24) is 0 Å². The van der Waals surface area contributed by atoms with Gasteiger partial charge in [-0.25, -0.2) is 0 Å². The second kappa shape index (κ2) is 17.0. The SMILES string of the molecule is CC1(C)c2ccccc2-c2ccc(N(c3cccc(N(c4ccc(-c5ccccc5)cc4)c4cccc(N(c5ccccc5)c5ccc6ccccc6c5)c4)c3)c3ccc4ccccc4c3)cc21. The third-order valence-corrected chi connectivity index (χ3v) is 13.7. The van der Waals surface area contributed by atoms with Gasteiger partial charge in [-0.15, -0.1) is 0 Å². The van der Waals surface area contributed by atoms with Crippen LogP contribution in [-0.2, 0) is 5.41 Å². The van der Waals surface area contributed by atoms with Crippen LogP contribution in [0.2, 0.25) is 0 Å². The van der Waals surface area contributed by atoms with Gasteiger partial charge < -0.3 is 14.7 Å². The molecular formula is C65H49N3. The summed E-state index contributed by atoms with van der Waals surface area (Å²) in [5.41, 5.74) is 17.2. The lowest BCUT2D eigenvalue weighted by atomic mass is 9.82. The van der Waals surface area contributed by atoms with E-state index in [2.05, 4.69) is 289 Å². The third-order valence-electron chi connectivity index (χ3n) is 13.7. The van der Waals surface area contributed by atoms with Crippen LogP contribution in [0.4, 0.5) is 51.2 Å². The molecule has 0 bridgehead atoms. The van der Waals surface area contributed by atoms with E-state index in [1.165, 1.54) is 54.9 Å². The molecule has 11 aromatic carbocycles. The molecule has 0 amide bonds. The first kappa shape index (κ1) is 40.8. The summed E-state index contributed by atoms with van der Waals surface area (Å²) in [4.78, 5) is 7.18. The molecule has 0 saturated heterocycles. The van der Waals surface area contributed by atoms with Gasteiger partial charge >= 0.3 is 0 Å². The molecule has 0 spiro atoms. The Morgan fingerprint density at radius 3 is 1.18 bits per heavy atom. The van der Waals surface area contributed by atoms with Crippen molar-refractivity contribution in [2.75, 3.05) is 14.7 Å². The molecule has 0 radical (unpaired) electrons. The maximum atomic E-state index is 2.43. The summed E-state index contributed by atoms with van der Waals surface area (Å²) in [7, 11) is 0. The van der Waals surface area contributed by atoms with Crippen LogP contribution in [0, 0.1) is 0 Å². The first-order valence-electron chi connectivity index (χ1n) is 23.5. The first-order chi connectivity index (χ1) is 33.5. The maximum absolute atomic E-state index is 2.43. The highest BCUT2D eigenvalue weighted by molar-refractivity contribution is 5.93. The minimum Gasteiger partial charge on any atom is -0.310 e. The van der Waals surface area contributed by atoms with E-state index >= 15 is 0 Å². The second-order valence-corrected chi connectivity index (χ2v) is 18.3. The highest BCUT2D eigenvalue weighted by Crippen LogP contribution is 2.51. The highest BCUT2D eigenvalue weighted by atomic mass is 15.2. The van der Waals surface area contributed by atoms with E-state index in [0.717, 1.165) is 51.2 Å². The lowest BCUT2D eigenvalue weighted by Gasteiger charge is -2.31. The van der Waals surface area contributed by atoms with Crippen LogP contribution in [0.3, 0.4) is 0 Å². The summed E-state index contributed by atoms with van der Waals surface area (Å²) < 4.78 is 0. The van der Waals surface area contributed by atoms with Crippen molar-refractivity contribution in [2.24, 2.45) is 0 Å². The van der Waals surface area contributed by atoms with Crippen LogP contribution >= 0.6 is 0 Å². The van der Waals surface area contributed by atoms with E-state index < -0.39 is 0 Å². The molecule has 1 aliphatic carbocycles. The minimum absolute atomic E-state index is 0.146. The van der Waals surface area contributed by atoms with Gasteiger partial charge in [0.25, 0.3) is 0 Å². The van der Waals surface area contributed by atoms with Crippen molar-refractivity contribution in [3.05, 3.63) is 272 Å². The van der Waals surface area contributed by atoms with E-state index in [0.29, 0.717) is 0 Å². The number of hydrogen-bond acceptors (Lipinski definition) is 3. The standard InChI is InChI=1S/C65H49N3/c1-65(2)63-30-14-13-29-61(63)62-40-39-60(45-64(62)65)68(59-38-34-48-20-10-12-22-51(48)42-59)57-28-16-27-56(44-57)67(53-35-31-49(32-36-53)46-17-5-3-6-18-46)55-26-15-25-54(43-55)66(52-23-7-4-8-24-52)58-37-33-47-19-9-11-21-50(47)41-58/h3-45H,1-2H3. The molecule has 0 atom stereocenters. The smallest absolute Gasteiger partial charge is 0.0482 e. The number of fused-ring (bicyclic) bond motifs is 5. The predicted molar refractivity (Wildman–Crippen MR) is 289 cm³/mol. The predicted octanol–water partition coefficient (Wildman–Crippen LogP) is 18.4. The molecule has 12 rings (SSSR count). The molecule has 3 nitrogen and oxygen atoms in total. The molecule has 0 fully saturated rings. The fourth-order valence-corrected chi connectivity index (χ4v) is 10.4. The Balaban J connectivity index is 1.03. The first-order valence-corrected chi connectivity index (χ1v) is 23.5. The zero-order valence-corrected chi connectivity index (χ0v) is 38.2. The summed E-state index contributed by atoms with van der Waals surface area (Å²) in [6, 6.07) is 95.0. The van der Waals surface area contributed by atoms with Crippen molar-refractivity contribution in [2.45, 2.75) is 19.3 Å². The van der Waals surface area contributed by atoms with Crippen molar-refractivity contribution in [3.8, 4) is 22.3 Å². The lowest BCUT2D eigenvalue weighted by Crippen LogP contribution is -2.17. The molecule has 1 aliphatic rings. The van der Waals surface area contributed by atoms with Gasteiger partial charge in [-0.2, -0.15) is 0 Å². The zero-order chi connectivity index (χ0) is 45.6. The van der Waals surface area contributed by atoms with Gasteiger partial charge in [0.15, 0.2) is 0 Å². The van der Waals surface area contributed by atoms with Gasteiger partial charge in [0.1, 0.15) is 0 Å². The molecule has 0 aliphatic heterocycles. The van der Waals surface area contributed by atoms with Crippen molar-refractivity contribution >= 4 is 72.7 Å². The molecule has 0 aromatic heterocycles. The third kappa shape index (κ3) is 7.35. The monoisotopic (exact) mass is 871 g/mol. The van der Waals surface area contributed by atoms with Crippen molar-refractivity contribution in [3.63, 3.8) is 0 Å². The van der Waals surface area contributed by atoms with Crippen LogP contribution in [0.1, 0.15) is 25.0 Å². The topological polar surface area (TPSA) is 9.72 Å². The van der Waals surface area contributed by atoms with Crippen molar-refractivity contribution < 1.29 is 0 Å². The fraction of sp³-hybridized carbons (Fsp3) is 0.0462. The van der Waals surface area contributed by atoms with Gasteiger partial charge in [-0.05, 0) is 152 Å². The molecule has 0 saturated carbocycles. The molecule has 0 heterocycles. The number of rotatable bonds is 10. The Bertz CT molecular complexity index is 3610. The average Bonchev–Trinajstić information content (AvgIpc) is 3.62. The van der Waals surface area contributed by atoms with E-state index in [-0.39, 0.29) is 5.41 Å². The Kier molecular flexibility index (Phi) is 10.2. The summed E-state index contributed by atoms with van der Waals surface area (Å²) in [5, 5.41) is 4.83. The van der Waals surface area contributed by atoms with Crippen LogP contribution in [0.25, 0.3) is 43.8 Å². The molecule has 68 heavy (non-hydrogen) atoms. The summed E-state index contributed by atoms with van der Waals surface area (Å²) in [6.07, 6.45) is 0. The molecule has 11 aromatic rings. The van der Waals surface area contributed by atoms with E-state index in [1.54, 1.807) is 0 Å². The Hall–Kier alpha value is -8.66. The maximum Gasteiger partial charge on any atom is 0.0482 e. The van der Waals surface area contributed by atoms with E-state index in [1.807, 2.05) is 0 Å². The van der Waals surface area contributed by atoms with E-state index in [4.69, 9.17) is 0 Å². The minimum atomic E-state index is -0.146. The van der Waals surface area contributed by atoms with Crippen LogP contribution < -0.4 is 14.7 Å². The van der Waals surface area contributed by atoms with Crippen molar-refractivity contribution in [1.29, 1.82) is 0 Å². The Morgan fingerprint density at radius 2 is 0.603 bits per heavy atom. The molecule has 3 heteroatoms. The Labute approximate surface area is 399 Å². The van der Waals surface area contributed by atoms with Crippen LogP contribution in [-0.4, -0.2) is 0 Å². The van der Waals surface area contributed by atoms with Crippen LogP contribution in [0.15, 0.2) is 261 Å². The van der Waals surface area contributed by atoms with Gasteiger partial charge in [0, 0.05) is 56.6 Å². The number of benzene rings is 11. The largest absolute Gasteiger partial charge is 0.310 e. The van der Waals surface area contributed by atoms with Gasteiger partial charge in [-0.1, -0.05) is 178 Å².